The lowest BCUT2D eigenvalue weighted by molar-refractivity contribution is 0.773. The highest BCUT2D eigenvalue weighted by Gasteiger charge is 2.46. The molecule has 0 aliphatic heterocycles. The Labute approximate surface area is 175 Å². The van der Waals surface area contributed by atoms with Crippen LogP contribution in [0.3, 0.4) is 0 Å². The van der Waals surface area contributed by atoms with Gasteiger partial charge >= 0.3 is 0 Å². The Morgan fingerprint density at radius 2 is 1.41 bits per heavy atom. The highest BCUT2D eigenvalue weighted by Crippen LogP contribution is 2.46. The van der Waals surface area contributed by atoms with Crippen molar-refractivity contribution in [2.75, 3.05) is 0 Å². The molecule has 2 aromatic carbocycles. The van der Waals surface area contributed by atoms with Crippen molar-refractivity contribution in [3.05, 3.63) is 67.0 Å². The largest absolute Gasteiger partial charge is 0.373 e. The average Bonchev–Trinajstić information content (AvgIpc) is 3.07. The van der Waals surface area contributed by atoms with E-state index in [1.165, 1.54) is 27.4 Å². The Hall–Kier alpha value is -2.39. The average molecular weight is 401 g/mol. The van der Waals surface area contributed by atoms with Crippen molar-refractivity contribution in [2.24, 2.45) is 0 Å². The quantitative estimate of drug-likeness (QED) is 0.311. The molecule has 0 atom stereocenters. The molecule has 0 fully saturated rings. The van der Waals surface area contributed by atoms with Crippen molar-refractivity contribution < 1.29 is 0 Å². The molecule has 0 saturated heterocycles. The number of nitrogens with zero attached hydrogens (tertiary/aromatic N) is 2. The predicted molar refractivity (Wildman–Crippen MR) is 129 cm³/mol. The normalized spacial score (nSPS) is 12.7. The Morgan fingerprint density at radius 1 is 0.793 bits per heavy atom. The van der Waals surface area contributed by atoms with Gasteiger partial charge in [0.05, 0.1) is 5.52 Å². The molecule has 0 aliphatic rings. The van der Waals surface area contributed by atoms with Gasteiger partial charge in [-0.3, -0.25) is 4.98 Å². The summed E-state index contributed by atoms with van der Waals surface area (Å²) in [6.45, 7) is 14.6. The van der Waals surface area contributed by atoms with Gasteiger partial charge in [-0.25, -0.2) is 0 Å². The van der Waals surface area contributed by atoms with Crippen molar-refractivity contribution in [2.45, 2.75) is 58.2 Å². The van der Waals surface area contributed by atoms with E-state index in [0.29, 0.717) is 16.6 Å². The number of aromatic nitrogens is 2. The fourth-order valence-electron chi connectivity index (χ4n) is 5.78. The monoisotopic (exact) mass is 400 g/mol. The van der Waals surface area contributed by atoms with Gasteiger partial charge in [-0.15, -0.1) is 0 Å². The van der Waals surface area contributed by atoms with E-state index in [1.54, 1.807) is 0 Å². The van der Waals surface area contributed by atoms with Gasteiger partial charge in [0.2, 0.25) is 0 Å². The smallest absolute Gasteiger partial charge is 0.169 e. The van der Waals surface area contributed by atoms with Crippen LogP contribution in [-0.4, -0.2) is 17.5 Å². The van der Waals surface area contributed by atoms with Crippen LogP contribution >= 0.6 is 0 Å². The first-order valence-electron chi connectivity index (χ1n) is 10.8. The van der Waals surface area contributed by atoms with E-state index in [0.717, 1.165) is 5.52 Å². The minimum absolute atomic E-state index is 0.654. The lowest BCUT2D eigenvalue weighted by atomic mass is 10.0. The first kappa shape index (κ1) is 19.9. The summed E-state index contributed by atoms with van der Waals surface area (Å²) in [7, 11) is -1.84. The molecular formula is C26H32N2Si. The van der Waals surface area contributed by atoms with Crippen LogP contribution in [-0.2, 0) is 0 Å². The van der Waals surface area contributed by atoms with E-state index in [-0.39, 0.29) is 0 Å². The number of fused-ring (bicyclic) bond motifs is 2. The molecule has 2 heterocycles. The second-order valence-corrected chi connectivity index (χ2v) is 14.9. The molecule has 3 heteroatoms. The SMILES string of the molecule is CC(C)[Si](C(C)C)(C(C)C)n1cc(-c2cnc3ccccc3c2)c2ccccc21. The third kappa shape index (κ3) is 3.03. The lowest BCUT2D eigenvalue weighted by Gasteiger charge is -2.44. The number of hydrogen-bond acceptors (Lipinski definition) is 1. The van der Waals surface area contributed by atoms with E-state index >= 15 is 0 Å². The van der Waals surface area contributed by atoms with E-state index < -0.39 is 8.24 Å². The lowest BCUT2D eigenvalue weighted by Crippen LogP contribution is -2.51. The third-order valence-corrected chi connectivity index (χ3v) is 13.6. The molecule has 0 spiro atoms. The van der Waals surface area contributed by atoms with Gasteiger partial charge in [0.25, 0.3) is 0 Å². The zero-order chi connectivity index (χ0) is 20.8. The van der Waals surface area contributed by atoms with Gasteiger partial charge in [-0.2, -0.15) is 0 Å². The Morgan fingerprint density at radius 3 is 2.10 bits per heavy atom. The van der Waals surface area contributed by atoms with Crippen LogP contribution in [0.4, 0.5) is 0 Å². The number of rotatable bonds is 5. The fourth-order valence-corrected chi connectivity index (χ4v) is 12.4. The maximum absolute atomic E-state index is 4.74. The fraction of sp³-hybridized carbons (Fsp3) is 0.346. The maximum atomic E-state index is 4.74. The molecule has 29 heavy (non-hydrogen) atoms. The molecule has 2 nitrogen and oxygen atoms in total. The first-order chi connectivity index (χ1) is 13.9. The summed E-state index contributed by atoms with van der Waals surface area (Å²) in [6, 6.07) is 19.6. The third-order valence-electron chi connectivity index (χ3n) is 6.81. The van der Waals surface area contributed by atoms with Crippen molar-refractivity contribution in [3.8, 4) is 11.1 Å². The second kappa shape index (κ2) is 7.45. The van der Waals surface area contributed by atoms with E-state index in [1.807, 2.05) is 6.20 Å². The van der Waals surface area contributed by atoms with Gasteiger partial charge < -0.3 is 4.23 Å². The molecule has 4 rings (SSSR count). The maximum Gasteiger partial charge on any atom is 0.169 e. The van der Waals surface area contributed by atoms with Gasteiger partial charge in [0.15, 0.2) is 8.24 Å². The second-order valence-electron chi connectivity index (χ2n) is 9.20. The minimum Gasteiger partial charge on any atom is -0.373 e. The topological polar surface area (TPSA) is 17.8 Å². The Bertz CT molecular complexity index is 1130. The van der Waals surface area contributed by atoms with Crippen LogP contribution < -0.4 is 0 Å². The molecule has 2 aromatic heterocycles. The van der Waals surface area contributed by atoms with Crippen LogP contribution in [0.25, 0.3) is 32.9 Å². The predicted octanol–water partition coefficient (Wildman–Crippen LogP) is 7.88. The number of benzene rings is 2. The number of para-hydroxylation sites is 2. The number of hydrogen-bond donors (Lipinski definition) is 0. The van der Waals surface area contributed by atoms with E-state index in [4.69, 9.17) is 4.98 Å². The van der Waals surface area contributed by atoms with Crippen molar-refractivity contribution in [1.82, 2.24) is 9.22 Å². The van der Waals surface area contributed by atoms with Gasteiger partial charge in [0, 0.05) is 39.8 Å². The molecule has 150 valence electrons. The summed E-state index contributed by atoms with van der Waals surface area (Å²) in [5, 5.41) is 2.53. The Kier molecular flexibility index (Phi) is 5.12. The van der Waals surface area contributed by atoms with E-state index in [2.05, 4.69) is 107 Å². The standard InChI is InChI=1S/C26H32N2Si/c1-18(2)29(19(3)4,20(5)6)28-17-24(23-12-8-10-14-26(23)28)22-15-21-11-7-9-13-25(21)27-16-22/h7-20H,1-6H3. The van der Waals surface area contributed by atoms with Crippen LogP contribution in [0.1, 0.15) is 41.5 Å². The summed E-state index contributed by atoms with van der Waals surface area (Å²) in [4.78, 5) is 4.74. The minimum atomic E-state index is -1.84. The van der Waals surface area contributed by atoms with Crippen LogP contribution in [0.2, 0.25) is 16.6 Å². The molecule has 0 radical (unpaired) electrons. The summed E-state index contributed by atoms with van der Waals surface area (Å²) in [6.07, 6.45) is 4.49. The van der Waals surface area contributed by atoms with Crippen LogP contribution in [0.5, 0.6) is 0 Å². The van der Waals surface area contributed by atoms with Gasteiger partial charge in [-0.1, -0.05) is 77.9 Å². The number of pyridine rings is 1. The summed E-state index contributed by atoms with van der Waals surface area (Å²) in [5.74, 6) is 0. The molecule has 0 bridgehead atoms. The van der Waals surface area contributed by atoms with E-state index in [9.17, 15) is 0 Å². The first-order valence-corrected chi connectivity index (χ1v) is 13.0. The van der Waals surface area contributed by atoms with Gasteiger partial charge in [-0.05, 0) is 34.8 Å². The highest BCUT2D eigenvalue weighted by molar-refractivity contribution is 6.82. The summed E-state index contributed by atoms with van der Waals surface area (Å²) >= 11 is 0. The van der Waals surface area contributed by atoms with Crippen molar-refractivity contribution in [3.63, 3.8) is 0 Å². The van der Waals surface area contributed by atoms with Gasteiger partial charge in [0.1, 0.15) is 0 Å². The van der Waals surface area contributed by atoms with Crippen LogP contribution in [0.15, 0.2) is 67.0 Å². The zero-order valence-electron chi connectivity index (χ0n) is 18.5. The summed E-state index contributed by atoms with van der Waals surface area (Å²) in [5.41, 5.74) is 6.90. The molecule has 0 amide bonds. The summed E-state index contributed by atoms with van der Waals surface area (Å²) < 4.78 is 2.72. The van der Waals surface area contributed by atoms with Crippen molar-refractivity contribution in [1.29, 1.82) is 0 Å². The molecule has 4 aromatic rings. The molecule has 0 saturated carbocycles. The molecular weight excluding hydrogens is 368 g/mol. The zero-order valence-corrected chi connectivity index (χ0v) is 19.5. The molecule has 0 unspecified atom stereocenters. The van der Waals surface area contributed by atoms with Crippen LogP contribution in [0, 0.1) is 0 Å². The molecule has 0 aliphatic carbocycles. The highest BCUT2D eigenvalue weighted by atomic mass is 28.3. The Balaban J connectivity index is 2.03. The van der Waals surface area contributed by atoms with Crippen molar-refractivity contribution >= 4 is 30.0 Å². The molecule has 0 N–H and O–H groups in total.